The van der Waals surface area contributed by atoms with E-state index in [0.29, 0.717) is 0 Å². The normalized spacial score (nSPS) is 45.5. The van der Waals surface area contributed by atoms with Gasteiger partial charge in [0, 0.05) is 13.3 Å². The van der Waals surface area contributed by atoms with Crippen molar-refractivity contribution in [3.8, 4) is 0 Å². The highest BCUT2D eigenvalue weighted by Gasteiger charge is 2.26. The first-order valence-corrected chi connectivity index (χ1v) is 12.4. The van der Waals surface area contributed by atoms with Gasteiger partial charge in [0.05, 0.1) is 0 Å². The molecule has 0 aromatic heterocycles. The zero-order valence-corrected chi connectivity index (χ0v) is 11.9. The summed E-state index contributed by atoms with van der Waals surface area (Å²) in [5.74, 6) is -2.64. The Morgan fingerprint density at radius 1 is 0.750 bits per heavy atom. The summed E-state index contributed by atoms with van der Waals surface area (Å²) >= 11 is 23.5. The van der Waals surface area contributed by atoms with Crippen molar-refractivity contribution in [2.24, 2.45) is 13.5 Å². The molecule has 2 atom stereocenters. The Hall–Kier alpha value is 1.85. The summed E-state index contributed by atoms with van der Waals surface area (Å²) in [4.78, 5) is 0. The van der Waals surface area contributed by atoms with Crippen molar-refractivity contribution in [2.45, 2.75) is 0 Å². The van der Waals surface area contributed by atoms with Crippen molar-refractivity contribution < 1.29 is 0 Å². The summed E-state index contributed by atoms with van der Waals surface area (Å²) in [5, 5.41) is 0. The highest BCUT2D eigenvalue weighted by Crippen LogP contribution is 2.83. The van der Waals surface area contributed by atoms with Crippen LogP contribution in [-0.4, -0.2) is 13.3 Å². The summed E-state index contributed by atoms with van der Waals surface area (Å²) in [7, 11) is 0. The first-order valence-electron chi connectivity index (χ1n) is 2.77. The molecule has 0 N–H and O–H groups in total. The van der Waals surface area contributed by atoms with E-state index in [2.05, 4.69) is 13.5 Å². The summed E-state index contributed by atoms with van der Waals surface area (Å²) < 4.78 is 12.1. The van der Waals surface area contributed by atoms with E-state index in [0.717, 1.165) is 0 Å². The Bertz CT molecular complexity index is 280. The van der Waals surface area contributed by atoms with E-state index in [9.17, 15) is 0 Å². The minimum atomic E-state index is -2.64. The number of halogens is 4. The van der Waals surface area contributed by atoms with E-state index in [1.165, 1.54) is 0 Å². The lowest BCUT2D eigenvalue weighted by Gasteiger charge is -2.19. The smallest absolute Gasteiger partial charge is 0.212 e. The van der Waals surface area contributed by atoms with Crippen molar-refractivity contribution in [1.29, 1.82) is 0 Å². The van der Waals surface area contributed by atoms with Crippen molar-refractivity contribution in [3.05, 3.63) is 0 Å². The maximum absolute atomic E-state index is 5.96. The Kier molecular flexibility index (Phi) is 3.43. The molecule has 1 rings (SSSR count). The lowest BCUT2D eigenvalue weighted by atomic mass is 12.0. The average Bonchev–Trinajstić information content (AvgIpc) is 1.44. The zero-order chi connectivity index (χ0) is 9.62. The van der Waals surface area contributed by atoms with Crippen LogP contribution in [0.5, 0.6) is 0 Å². The number of rotatable bonds is 0. The van der Waals surface area contributed by atoms with Crippen LogP contribution in [0.4, 0.5) is 0 Å². The molecule has 3 nitrogen and oxygen atoms in total. The first kappa shape index (κ1) is 11.9. The molecular formula is C2H6Cl4N3P3. The molecule has 0 aliphatic carbocycles. The zero-order valence-electron chi connectivity index (χ0n) is 6.20. The molecule has 0 aromatic carbocycles. The Morgan fingerprint density at radius 3 is 1.50 bits per heavy atom. The van der Waals surface area contributed by atoms with E-state index in [1.54, 1.807) is 13.3 Å². The number of nitrogens with zero attached hydrogens (tertiary/aromatic N) is 3. The molecule has 10 heteroatoms. The average molecular weight is 307 g/mol. The van der Waals surface area contributed by atoms with Gasteiger partial charge in [-0.3, -0.25) is 0 Å². The van der Waals surface area contributed by atoms with E-state index in [-0.39, 0.29) is 0 Å². The molecule has 0 spiro atoms. The van der Waals surface area contributed by atoms with Crippen molar-refractivity contribution in [1.82, 2.24) is 0 Å². The van der Waals surface area contributed by atoms with Crippen LogP contribution in [0.25, 0.3) is 0 Å². The number of hydrogen-bond acceptors (Lipinski definition) is 3. The fourth-order valence-electron chi connectivity index (χ4n) is 0.744. The van der Waals surface area contributed by atoms with Crippen molar-refractivity contribution >= 4 is 64.0 Å². The molecule has 0 saturated heterocycles. The molecule has 1 aliphatic heterocycles. The van der Waals surface area contributed by atoms with E-state index in [4.69, 9.17) is 45.0 Å². The predicted molar refractivity (Wildman–Crippen MR) is 63.3 cm³/mol. The summed E-state index contributed by atoms with van der Waals surface area (Å²) in [6.07, 6.45) is 0. The van der Waals surface area contributed by atoms with Crippen LogP contribution in [-0.2, 0) is 0 Å². The van der Waals surface area contributed by atoms with Crippen LogP contribution in [0.2, 0.25) is 0 Å². The van der Waals surface area contributed by atoms with Gasteiger partial charge in [-0.15, -0.1) is 0 Å². The van der Waals surface area contributed by atoms with Gasteiger partial charge >= 0.3 is 0 Å². The highest BCUT2D eigenvalue weighted by atomic mass is 35.9. The largest absolute Gasteiger partial charge is 0.255 e. The van der Waals surface area contributed by atoms with Crippen LogP contribution in [0, 0.1) is 0 Å². The molecule has 0 fully saturated rings. The minimum absolute atomic E-state index is 1.70. The lowest BCUT2D eigenvalue weighted by Crippen LogP contribution is -1.70. The summed E-state index contributed by atoms with van der Waals surface area (Å²) in [6, 6.07) is 0. The van der Waals surface area contributed by atoms with Gasteiger partial charge in [0.15, 0.2) is 13.1 Å². The first-order chi connectivity index (χ1) is 5.12. The molecule has 0 bridgehead atoms. The van der Waals surface area contributed by atoms with Crippen LogP contribution < -0.4 is 0 Å². The van der Waals surface area contributed by atoms with Gasteiger partial charge in [-0.05, 0) is 22.5 Å². The third kappa shape index (κ3) is 3.54. The summed E-state index contributed by atoms with van der Waals surface area (Å²) in [5.41, 5.74) is 0. The fraction of sp³-hybridized carbons (Fsp3) is 1.00. The highest BCUT2D eigenvalue weighted by molar-refractivity contribution is 8.17. The Balaban J connectivity index is 3.46. The molecule has 1 heterocycles. The van der Waals surface area contributed by atoms with Gasteiger partial charge in [0.1, 0.15) is 0 Å². The van der Waals surface area contributed by atoms with Gasteiger partial charge in [-0.1, -0.05) is 22.5 Å². The van der Waals surface area contributed by atoms with E-state index in [1.807, 2.05) is 0 Å². The van der Waals surface area contributed by atoms with E-state index >= 15 is 0 Å². The van der Waals surface area contributed by atoms with Crippen LogP contribution in [0.1, 0.15) is 0 Å². The molecule has 1 aliphatic rings. The Morgan fingerprint density at radius 2 is 1.17 bits per heavy atom. The van der Waals surface area contributed by atoms with Crippen molar-refractivity contribution in [2.75, 3.05) is 13.3 Å². The molecule has 72 valence electrons. The van der Waals surface area contributed by atoms with E-state index < -0.39 is 19.0 Å². The fourth-order valence-corrected chi connectivity index (χ4v) is 18.1. The van der Waals surface area contributed by atoms with Gasteiger partial charge in [-0.25, -0.2) is 4.52 Å². The van der Waals surface area contributed by atoms with Gasteiger partial charge in [0.2, 0.25) is 0 Å². The standard InChI is InChI=1S/C2H6Cl4N3P3/c1-10(3)7-11(2,4)9-12(5,6)8-10/h1-2H3/t10-,11-/m1/s1. The SMILES string of the molecule is C[P@]1(Cl)=NP(Cl)(Cl)=N[P@](C)(Cl)=N1. The summed E-state index contributed by atoms with van der Waals surface area (Å²) in [6.45, 7) is -1.10. The second-order valence-corrected chi connectivity index (χ2v) is 15.8. The van der Waals surface area contributed by atoms with Crippen LogP contribution in [0.15, 0.2) is 13.5 Å². The minimum Gasteiger partial charge on any atom is -0.212 e. The molecular weight excluding hydrogens is 301 g/mol. The molecule has 12 heavy (non-hydrogen) atoms. The monoisotopic (exact) mass is 305 g/mol. The third-order valence-electron chi connectivity index (χ3n) is 0.868. The molecule has 0 amide bonds. The molecule has 0 unspecified atom stereocenters. The number of hydrogen-bond donors (Lipinski definition) is 0. The van der Waals surface area contributed by atoms with Gasteiger partial charge in [0.25, 0.3) is 5.91 Å². The predicted octanol–water partition coefficient (Wildman–Crippen LogP) is 6.22. The second kappa shape index (κ2) is 3.46. The molecule has 0 aromatic rings. The lowest BCUT2D eigenvalue weighted by molar-refractivity contribution is 1.73. The maximum atomic E-state index is 5.96. The second-order valence-electron chi connectivity index (χ2n) is 2.34. The quantitative estimate of drug-likeness (QED) is 0.476. The maximum Gasteiger partial charge on any atom is 0.255 e. The Labute approximate surface area is 90.6 Å². The van der Waals surface area contributed by atoms with Gasteiger partial charge in [-0.2, -0.15) is 9.03 Å². The topological polar surface area (TPSA) is 37.1 Å². The molecule has 0 saturated carbocycles. The van der Waals surface area contributed by atoms with Crippen LogP contribution >= 0.6 is 64.0 Å². The molecule has 0 radical (unpaired) electrons. The third-order valence-corrected chi connectivity index (χ3v) is 12.7. The van der Waals surface area contributed by atoms with Crippen molar-refractivity contribution in [3.63, 3.8) is 0 Å². The van der Waals surface area contributed by atoms with Gasteiger partial charge < -0.3 is 0 Å². The van der Waals surface area contributed by atoms with Crippen LogP contribution in [0.3, 0.4) is 0 Å².